The Morgan fingerprint density at radius 2 is 2.09 bits per heavy atom. The summed E-state index contributed by atoms with van der Waals surface area (Å²) in [7, 11) is 0. The summed E-state index contributed by atoms with van der Waals surface area (Å²) in [6.07, 6.45) is 1.72. The highest BCUT2D eigenvalue weighted by Gasteiger charge is 2.48. The predicted molar refractivity (Wildman–Crippen MR) is 35.7 cm³/mol. The minimum Gasteiger partial charge on any atom is -0.365 e. The summed E-state index contributed by atoms with van der Waals surface area (Å²) in [6.45, 7) is 0.640. The second-order valence-corrected chi connectivity index (χ2v) is 2.97. The van der Waals surface area contributed by atoms with Gasteiger partial charge in [0.25, 0.3) is 5.91 Å². The molecule has 60 valence electrons. The first-order chi connectivity index (χ1) is 5.23. The van der Waals surface area contributed by atoms with E-state index in [1.165, 1.54) is 0 Å². The van der Waals surface area contributed by atoms with Crippen LogP contribution in [0.15, 0.2) is 0 Å². The number of carbonyl (C=O) groups is 2. The van der Waals surface area contributed by atoms with Crippen molar-refractivity contribution >= 4 is 11.8 Å². The number of carbonyl (C=O) groups excluding carboxylic acids is 2. The zero-order chi connectivity index (χ0) is 7.90. The van der Waals surface area contributed by atoms with Crippen molar-refractivity contribution in [2.24, 2.45) is 0 Å². The number of ether oxygens (including phenoxy) is 1. The molecular weight excluding hydrogens is 146 g/mol. The Bertz CT molecular complexity index is 220. The van der Waals surface area contributed by atoms with Crippen molar-refractivity contribution in [1.82, 2.24) is 5.32 Å². The van der Waals surface area contributed by atoms with E-state index in [0.717, 1.165) is 6.42 Å². The third-order valence-electron chi connectivity index (χ3n) is 2.31. The van der Waals surface area contributed by atoms with Gasteiger partial charge in [0.1, 0.15) is 5.60 Å². The number of hydrogen-bond donors (Lipinski definition) is 1. The zero-order valence-corrected chi connectivity index (χ0v) is 6.05. The van der Waals surface area contributed by atoms with Crippen molar-refractivity contribution in [1.29, 1.82) is 0 Å². The van der Waals surface area contributed by atoms with Gasteiger partial charge in [0, 0.05) is 12.8 Å². The number of imide groups is 1. The van der Waals surface area contributed by atoms with Gasteiger partial charge in [-0.25, -0.2) is 0 Å². The summed E-state index contributed by atoms with van der Waals surface area (Å²) in [5.74, 6) is -0.434. The molecule has 1 N–H and O–H groups in total. The van der Waals surface area contributed by atoms with Gasteiger partial charge in [-0.05, 0) is 6.42 Å². The van der Waals surface area contributed by atoms with Crippen LogP contribution in [0.3, 0.4) is 0 Å². The highest BCUT2D eigenvalue weighted by Crippen LogP contribution is 2.33. The maximum atomic E-state index is 11.2. The quantitative estimate of drug-likeness (QED) is 0.483. The van der Waals surface area contributed by atoms with Crippen molar-refractivity contribution in [3.8, 4) is 0 Å². The zero-order valence-electron chi connectivity index (χ0n) is 6.05. The van der Waals surface area contributed by atoms with Crippen LogP contribution in [0, 0.1) is 0 Å². The Morgan fingerprint density at radius 1 is 1.36 bits per heavy atom. The van der Waals surface area contributed by atoms with Gasteiger partial charge < -0.3 is 4.74 Å². The molecule has 0 aromatic rings. The minimum absolute atomic E-state index is 0.184. The van der Waals surface area contributed by atoms with Crippen LogP contribution in [-0.2, 0) is 14.3 Å². The highest BCUT2D eigenvalue weighted by molar-refractivity contribution is 6.02. The number of amides is 2. The van der Waals surface area contributed by atoms with E-state index in [0.29, 0.717) is 19.4 Å². The molecule has 0 saturated carbocycles. The largest absolute Gasteiger partial charge is 0.365 e. The molecule has 11 heavy (non-hydrogen) atoms. The average molecular weight is 155 g/mol. The third-order valence-corrected chi connectivity index (χ3v) is 2.31. The van der Waals surface area contributed by atoms with E-state index in [4.69, 9.17) is 4.74 Å². The molecule has 4 heteroatoms. The second-order valence-electron chi connectivity index (χ2n) is 2.97. The smallest absolute Gasteiger partial charge is 0.258 e. The molecule has 2 fully saturated rings. The number of nitrogens with one attached hydrogen (secondary N) is 1. The lowest BCUT2D eigenvalue weighted by Crippen LogP contribution is -2.60. The Morgan fingerprint density at radius 3 is 2.55 bits per heavy atom. The normalized spacial score (nSPS) is 36.7. The molecule has 2 heterocycles. The lowest BCUT2D eigenvalue weighted by molar-refractivity contribution is -0.184. The van der Waals surface area contributed by atoms with Gasteiger partial charge in [-0.2, -0.15) is 0 Å². The van der Waals surface area contributed by atoms with Gasteiger partial charge in [0.15, 0.2) is 0 Å². The van der Waals surface area contributed by atoms with Crippen LogP contribution in [-0.4, -0.2) is 24.0 Å². The molecule has 2 amide bonds. The third kappa shape index (κ3) is 0.860. The Labute approximate surface area is 63.9 Å². The first-order valence-corrected chi connectivity index (χ1v) is 3.71. The lowest BCUT2D eigenvalue weighted by Gasteiger charge is -2.42. The number of piperidine rings is 1. The van der Waals surface area contributed by atoms with Gasteiger partial charge >= 0.3 is 0 Å². The summed E-state index contributed by atoms with van der Waals surface area (Å²) < 4.78 is 5.16. The molecule has 2 rings (SSSR count). The van der Waals surface area contributed by atoms with Crippen LogP contribution in [0.4, 0.5) is 0 Å². The molecular formula is C7H9NO3. The number of hydrogen-bond acceptors (Lipinski definition) is 3. The minimum atomic E-state index is -0.631. The fourth-order valence-corrected chi connectivity index (χ4v) is 1.46. The van der Waals surface area contributed by atoms with E-state index in [9.17, 15) is 9.59 Å². The van der Waals surface area contributed by atoms with E-state index in [1.807, 2.05) is 0 Å². The van der Waals surface area contributed by atoms with Crippen LogP contribution in [0.2, 0.25) is 0 Å². The lowest BCUT2D eigenvalue weighted by atomic mass is 9.86. The van der Waals surface area contributed by atoms with Crippen LogP contribution in [0.5, 0.6) is 0 Å². The predicted octanol–water partition coefficient (Wildman–Crippen LogP) is -0.418. The molecule has 1 unspecified atom stereocenters. The molecule has 1 atom stereocenters. The highest BCUT2D eigenvalue weighted by atomic mass is 16.5. The molecule has 0 aromatic heterocycles. The van der Waals surface area contributed by atoms with Crippen LogP contribution < -0.4 is 5.32 Å². The summed E-state index contributed by atoms with van der Waals surface area (Å²) >= 11 is 0. The van der Waals surface area contributed by atoms with Crippen LogP contribution >= 0.6 is 0 Å². The topological polar surface area (TPSA) is 55.4 Å². The summed E-state index contributed by atoms with van der Waals surface area (Å²) in [5, 5.41) is 2.27. The van der Waals surface area contributed by atoms with Crippen molar-refractivity contribution in [3.63, 3.8) is 0 Å². The van der Waals surface area contributed by atoms with Crippen molar-refractivity contribution in [3.05, 3.63) is 0 Å². The van der Waals surface area contributed by atoms with E-state index in [1.54, 1.807) is 0 Å². The van der Waals surface area contributed by atoms with E-state index in [2.05, 4.69) is 5.32 Å². The fraction of sp³-hybridized carbons (Fsp3) is 0.714. The summed E-state index contributed by atoms with van der Waals surface area (Å²) in [5.41, 5.74) is -0.631. The molecule has 0 radical (unpaired) electrons. The van der Waals surface area contributed by atoms with Gasteiger partial charge in [-0.15, -0.1) is 0 Å². The fourth-order valence-electron chi connectivity index (χ4n) is 1.46. The maximum absolute atomic E-state index is 11.2. The summed E-state index contributed by atoms with van der Waals surface area (Å²) in [4.78, 5) is 21.9. The Kier molecular flexibility index (Phi) is 1.26. The van der Waals surface area contributed by atoms with Gasteiger partial charge in [-0.1, -0.05) is 0 Å². The van der Waals surface area contributed by atoms with Crippen molar-refractivity contribution in [2.45, 2.75) is 24.9 Å². The molecule has 0 aromatic carbocycles. The molecule has 2 aliphatic rings. The van der Waals surface area contributed by atoms with E-state index in [-0.39, 0.29) is 11.8 Å². The van der Waals surface area contributed by atoms with Gasteiger partial charge in [0.05, 0.1) is 6.61 Å². The molecule has 2 saturated heterocycles. The standard InChI is InChI=1S/C7H9NO3/c9-5-1-2-7(3-4-11-7)6(10)8-5/h1-4H2,(H,8,9,10). The van der Waals surface area contributed by atoms with Crippen molar-refractivity contribution < 1.29 is 14.3 Å². The maximum Gasteiger partial charge on any atom is 0.258 e. The molecule has 0 aliphatic carbocycles. The molecule has 2 aliphatic heterocycles. The monoisotopic (exact) mass is 155 g/mol. The van der Waals surface area contributed by atoms with Crippen molar-refractivity contribution in [2.75, 3.05) is 6.61 Å². The van der Waals surface area contributed by atoms with Gasteiger partial charge in [0.2, 0.25) is 5.91 Å². The SMILES string of the molecule is O=C1CCC2(CCO2)C(=O)N1. The average Bonchev–Trinajstić information content (AvgIpc) is 1.84. The molecule has 0 bridgehead atoms. The van der Waals surface area contributed by atoms with E-state index >= 15 is 0 Å². The Hall–Kier alpha value is -0.900. The summed E-state index contributed by atoms with van der Waals surface area (Å²) in [6, 6.07) is 0. The van der Waals surface area contributed by atoms with E-state index < -0.39 is 5.60 Å². The van der Waals surface area contributed by atoms with Crippen LogP contribution in [0.25, 0.3) is 0 Å². The first-order valence-electron chi connectivity index (χ1n) is 3.71. The van der Waals surface area contributed by atoms with Crippen LogP contribution in [0.1, 0.15) is 19.3 Å². The molecule has 1 spiro atoms. The molecule has 4 nitrogen and oxygen atoms in total. The first kappa shape index (κ1) is 6.79. The number of rotatable bonds is 0. The Balaban J connectivity index is 2.13. The second kappa shape index (κ2) is 2.04. The van der Waals surface area contributed by atoms with Gasteiger partial charge in [-0.3, -0.25) is 14.9 Å².